The molecule has 3 rings (SSSR count). The maximum absolute atomic E-state index is 15.8. The first kappa shape index (κ1) is 23.9. The van der Waals surface area contributed by atoms with Gasteiger partial charge in [0.2, 0.25) is 0 Å². The minimum atomic E-state index is -4.26. The van der Waals surface area contributed by atoms with Gasteiger partial charge in [0.25, 0.3) is 10.0 Å². The zero-order chi connectivity index (χ0) is 24.4. The molecule has 33 heavy (non-hydrogen) atoms. The van der Waals surface area contributed by atoms with E-state index in [2.05, 4.69) is 4.98 Å². The maximum Gasteiger partial charge on any atom is 0.407 e. The van der Waals surface area contributed by atoms with E-state index in [1.807, 2.05) is 26.8 Å². The van der Waals surface area contributed by atoms with Gasteiger partial charge in [0.1, 0.15) is 17.5 Å². The van der Waals surface area contributed by atoms with Gasteiger partial charge in [-0.15, -0.1) is 0 Å². The minimum Gasteiger partial charge on any atom is -0.465 e. The lowest BCUT2D eigenvalue weighted by Gasteiger charge is -2.27. The summed E-state index contributed by atoms with van der Waals surface area (Å²) in [7, 11) is -4.26. The fourth-order valence-corrected chi connectivity index (χ4v) is 4.82. The average molecular weight is 471 g/mol. The second kappa shape index (κ2) is 9.03. The lowest BCUT2D eigenvalue weighted by Crippen LogP contribution is -2.36. The van der Waals surface area contributed by atoms with Crippen LogP contribution in [-0.2, 0) is 16.6 Å². The van der Waals surface area contributed by atoms with Crippen molar-refractivity contribution in [3.63, 3.8) is 0 Å². The van der Waals surface area contributed by atoms with Crippen molar-refractivity contribution in [2.45, 2.75) is 32.2 Å². The van der Waals surface area contributed by atoms with Crippen molar-refractivity contribution < 1.29 is 22.7 Å². The number of pyridine rings is 1. The molecule has 0 aliphatic rings. The van der Waals surface area contributed by atoms with Crippen LogP contribution in [0.5, 0.6) is 0 Å². The number of aromatic nitrogens is 2. The van der Waals surface area contributed by atoms with Crippen LogP contribution in [0.2, 0.25) is 0 Å². The summed E-state index contributed by atoms with van der Waals surface area (Å²) >= 11 is 0. The van der Waals surface area contributed by atoms with Crippen LogP contribution in [0.3, 0.4) is 0 Å². The van der Waals surface area contributed by atoms with Crippen molar-refractivity contribution in [1.82, 2.24) is 13.9 Å². The van der Waals surface area contributed by atoms with Gasteiger partial charge < -0.3 is 10.0 Å². The van der Waals surface area contributed by atoms with E-state index in [9.17, 15) is 23.6 Å². The monoisotopic (exact) mass is 470 g/mol. The topological polar surface area (TPSA) is 116 Å². The molecule has 0 aliphatic heterocycles. The largest absolute Gasteiger partial charge is 0.465 e. The van der Waals surface area contributed by atoms with E-state index >= 15 is 4.39 Å². The van der Waals surface area contributed by atoms with Crippen LogP contribution >= 0.6 is 0 Å². The molecule has 10 heteroatoms. The van der Waals surface area contributed by atoms with E-state index in [-0.39, 0.29) is 40.5 Å². The Labute approximate surface area is 191 Å². The zero-order valence-corrected chi connectivity index (χ0v) is 19.2. The number of carbonyl (C=O) groups is 1. The quantitative estimate of drug-likeness (QED) is 0.573. The van der Waals surface area contributed by atoms with Crippen molar-refractivity contribution >= 4 is 16.1 Å². The molecule has 2 heterocycles. The van der Waals surface area contributed by atoms with Crippen LogP contribution in [0.25, 0.3) is 11.3 Å². The Morgan fingerprint density at radius 1 is 1.21 bits per heavy atom. The van der Waals surface area contributed by atoms with Crippen molar-refractivity contribution in [3.05, 3.63) is 71.9 Å². The van der Waals surface area contributed by atoms with Crippen LogP contribution < -0.4 is 0 Å². The van der Waals surface area contributed by atoms with Crippen LogP contribution in [0, 0.1) is 22.6 Å². The second-order valence-electron chi connectivity index (χ2n) is 8.64. The summed E-state index contributed by atoms with van der Waals surface area (Å²) < 4.78 is 43.3. The van der Waals surface area contributed by atoms with Crippen LogP contribution in [0.1, 0.15) is 32.0 Å². The molecular formula is C23H23FN4O4S. The Morgan fingerprint density at radius 2 is 1.88 bits per heavy atom. The minimum absolute atomic E-state index is 0.0130. The highest BCUT2D eigenvalue weighted by Gasteiger charge is 2.30. The third-order valence-electron chi connectivity index (χ3n) is 4.75. The molecule has 172 valence electrons. The van der Waals surface area contributed by atoms with E-state index < -0.39 is 27.3 Å². The molecule has 0 aliphatic carbocycles. The zero-order valence-electron chi connectivity index (χ0n) is 18.4. The molecule has 1 amide bonds. The number of rotatable bonds is 6. The Hall–Kier alpha value is -3.71. The highest BCUT2D eigenvalue weighted by Crippen LogP contribution is 2.33. The molecule has 0 atom stereocenters. The molecule has 0 saturated heterocycles. The van der Waals surface area contributed by atoms with Gasteiger partial charge in [-0.05, 0) is 29.7 Å². The third-order valence-corrected chi connectivity index (χ3v) is 6.42. The first-order valence-electron chi connectivity index (χ1n) is 9.99. The van der Waals surface area contributed by atoms with Gasteiger partial charge in [0, 0.05) is 30.1 Å². The highest BCUT2D eigenvalue weighted by molar-refractivity contribution is 7.90. The predicted molar refractivity (Wildman–Crippen MR) is 119 cm³/mol. The Bertz CT molecular complexity index is 1320. The van der Waals surface area contributed by atoms with E-state index in [1.54, 1.807) is 6.07 Å². The van der Waals surface area contributed by atoms with E-state index in [1.165, 1.54) is 42.6 Å². The molecular weight excluding hydrogens is 447 g/mol. The molecule has 8 nitrogen and oxygen atoms in total. The molecule has 3 aromatic rings. The number of carboxylic acid groups (broad SMARTS) is 1. The molecule has 1 N–H and O–H groups in total. The van der Waals surface area contributed by atoms with Crippen molar-refractivity contribution in [3.8, 4) is 17.3 Å². The van der Waals surface area contributed by atoms with Crippen LogP contribution in [-0.4, -0.2) is 40.0 Å². The van der Waals surface area contributed by atoms with Gasteiger partial charge in [-0.2, -0.15) is 5.26 Å². The SMILES string of the molecule is CC(C)(C)CN(Cc1cn(S(=O)(=O)c2ccccc2)c(-c2cccnc2C#N)c1F)C(=O)O. The lowest BCUT2D eigenvalue weighted by atomic mass is 9.96. The maximum atomic E-state index is 15.8. The molecule has 0 bridgehead atoms. The highest BCUT2D eigenvalue weighted by atomic mass is 32.2. The van der Waals surface area contributed by atoms with Crippen molar-refractivity contribution in [1.29, 1.82) is 5.26 Å². The number of amides is 1. The molecule has 0 fully saturated rings. The molecule has 1 aromatic carbocycles. The van der Waals surface area contributed by atoms with Gasteiger partial charge >= 0.3 is 6.09 Å². The molecule has 0 radical (unpaired) electrons. The number of benzene rings is 1. The third kappa shape index (κ3) is 5.04. The van der Waals surface area contributed by atoms with Crippen LogP contribution in [0.15, 0.2) is 59.8 Å². The molecule has 0 spiro atoms. The summed E-state index contributed by atoms with van der Waals surface area (Å²) in [4.78, 5) is 16.7. The Kier molecular flexibility index (Phi) is 6.56. The summed E-state index contributed by atoms with van der Waals surface area (Å²) in [6, 6.07) is 12.2. The summed E-state index contributed by atoms with van der Waals surface area (Å²) in [6.07, 6.45) is 1.15. The van der Waals surface area contributed by atoms with Gasteiger partial charge in [-0.25, -0.2) is 26.6 Å². The number of hydrogen-bond donors (Lipinski definition) is 1. The van der Waals surface area contributed by atoms with Gasteiger partial charge in [0.15, 0.2) is 5.82 Å². The molecule has 0 saturated carbocycles. The fourth-order valence-electron chi connectivity index (χ4n) is 3.41. The number of nitrogens with zero attached hydrogens (tertiary/aromatic N) is 4. The number of hydrogen-bond acceptors (Lipinski definition) is 5. The summed E-state index contributed by atoms with van der Waals surface area (Å²) in [5.41, 5.74) is -1.09. The molecule has 2 aromatic heterocycles. The standard InChI is InChI=1S/C23H23FN4O4S/c1-23(2,3)15-27(22(29)30)13-16-14-28(33(31,32)17-8-5-4-6-9-17)21(20(16)24)18-10-7-11-26-19(18)12-25/h4-11,14H,13,15H2,1-3H3,(H,29,30). The van der Waals surface area contributed by atoms with Crippen molar-refractivity contribution in [2.75, 3.05) is 6.54 Å². The molecule has 0 unspecified atom stereocenters. The summed E-state index contributed by atoms with van der Waals surface area (Å²) in [5, 5.41) is 19.1. The first-order chi connectivity index (χ1) is 15.5. The van der Waals surface area contributed by atoms with Gasteiger partial charge in [-0.1, -0.05) is 39.0 Å². The second-order valence-corrected chi connectivity index (χ2v) is 10.5. The number of halogens is 1. The van der Waals surface area contributed by atoms with Crippen molar-refractivity contribution in [2.24, 2.45) is 5.41 Å². The summed E-state index contributed by atoms with van der Waals surface area (Å²) in [6.45, 7) is 5.24. The lowest BCUT2D eigenvalue weighted by molar-refractivity contribution is 0.122. The summed E-state index contributed by atoms with van der Waals surface area (Å²) in [5.74, 6) is -0.931. The Morgan fingerprint density at radius 3 is 2.45 bits per heavy atom. The van der Waals surface area contributed by atoms with Gasteiger partial charge in [0.05, 0.1) is 11.4 Å². The van der Waals surface area contributed by atoms with E-state index in [0.29, 0.717) is 0 Å². The van der Waals surface area contributed by atoms with E-state index in [0.717, 1.165) is 15.1 Å². The van der Waals surface area contributed by atoms with Gasteiger partial charge in [-0.3, -0.25) is 0 Å². The van der Waals surface area contributed by atoms with E-state index in [4.69, 9.17) is 0 Å². The predicted octanol–water partition coefficient (Wildman–Crippen LogP) is 4.32. The van der Waals surface area contributed by atoms with Crippen LogP contribution in [0.4, 0.5) is 9.18 Å². The normalized spacial score (nSPS) is 11.7. The average Bonchev–Trinajstić information content (AvgIpc) is 3.09. The first-order valence-corrected chi connectivity index (χ1v) is 11.4. The fraction of sp³-hybridized carbons (Fsp3) is 0.261. The number of nitriles is 1. The smallest absolute Gasteiger partial charge is 0.407 e. The Balaban J connectivity index is 2.25.